The topological polar surface area (TPSA) is 80.4 Å². The van der Waals surface area contributed by atoms with E-state index in [0.717, 1.165) is 37.7 Å². The van der Waals surface area contributed by atoms with Gasteiger partial charge >= 0.3 is 0 Å². The van der Waals surface area contributed by atoms with Crippen molar-refractivity contribution in [1.82, 2.24) is 0 Å². The predicted octanol–water partition coefficient (Wildman–Crippen LogP) is 1.07. The summed E-state index contributed by atoms with van der Waals surface area (Å²) in [5, 5.41) is 9.22. The van der Waals surface area contributed by atoms with E-state index in [1.165, 1.54) is 0 Å². The van der Waals surface area contributed by atoms with E-state index < -0.39 is 6.10 Å². The van der Waals surface area contributed by atoms with Gasteiger partial charge in [0.2, 0.25) is 5.91 Å². The van der Waals surface area contributed by atoms with Gasteiger partial charge in [0, 0.05) is 12.8 Å². The van der Waals surface area contributed by atoms with E-state index >= 15 is 0 Å². The van der Waals surface area contributed by atoms with Crippen molar-refractivity contribution in [3.63, 3.8) is 0 Å². The summed E-state index contributed by atoms with van der Waals surface area (Å²) in [6.45, 7) is 0. The van der Waals surface area contributed by atoms with Gasteiger partial charge in [0.15, 0.2) is 5.78 Å². The Bertz CT molecular complexity index is 297. The second-order valence-corrected chi connectivity index (χ2v) is 4.27. The summed E-state index contributed by atoms with van der Waals surface area (Å²) in [6, 6.07) is 0. The van der Waals surface area contributed by atoms with Gasteiger partial charge in [0.25, 0.3) is 0 Å². The van der Waals surface area contributed by atoms with Gasteiger partial charge in [-0.05, 0) is 30.9 Å². The van der Waals surface area contributed by atoms with E-state index in [0.29, 0.717) is 6.42 Å². The zero-order valence-corrected chi connectivity index (χ0v) is 9.45. The van der Waals surface area contributed by atoms with Crippen molar-refractivity contribution in [2.24, 2.45) is 5.73 Å². The minimum atomic E-state index is -0.572. The molecular formula is C12H19NO3. The number of primary amides is 1. The van der Waals surface area contributed by atoms with Gasteiger partial charge in [-0.2, -0.15) is 0 Å². The molecule has 3 N–H and O–H groups in total. The third-order valence-corrected chi connectivity index (χ3v) is 2.77. The number of unbranched alkanes of at least 4 members (excludes halogenated alkanes) is 3. The highest BCUT2D eigenvalue weighted by atomic mass is 16.3. The number of hydrogen-bond acceptors (Lipinski definition) is 3. The SMILES string of the molecule is NC(=O)CCCCCCC1=CC(O)CC1=O. The van der Waals surface area contributed by atoms with Crippen LogP contribution in [-0.2, 0) is 9.59 Å². The lowest BCUT2D eigenvalue weighted by atomic mass is 10.0. The molecule has 90 valence electrons. The van der Waals surface area contributed by atoms with Crippen LogP contribution in [0.2, 0.25) is 0 Å². The average Bonchev–Trinajstić information content (AvgIpc) is 2.50. The first-order chi connectivity index (χ1) is 7.59. The molecule has 0 heterocycles. The standard InChI is InChI=1S/C12H19NO3/c13-12(16)6-4-2-1-3-5-9-7-10(14)8-11(9)15/h7,10,14H,1-6,8H2,(H2,13,16). The number of ketones is 1. The van der Waals surface area contributed by atoms with Crippen LogP contribution in [0.3, 0.4) is 0 Å². The predicted molar refractivity (Wildman–Crippen MR) is 60.6 cm³/mol. The number of Topliss-reactive ketones (excluding diaryl/α,β-unsaturated/α-hetero) is 1. The molecule has 0 aliphatic heterocycles. The summed E-state index contributed by atoms with van der Waals surface area (Å²) in [7, 11) is 0. The fourth-order valence-electron chi connectivity index (χ4n) is 1.90. The fraction of sp³-hybridized carbons (Fsp3) is 0.667. The molecule has 0 saturated heterocycles. The highest BCUT2D eigenvalue weighted by Gasteiger charge is 2.21. The van der Waals surface area contributed by atoms with Crippen LogP contribution in [0.25, 0.3) is 0 Å². The van der Waals surface area contributed by atoms with Crippen LogP contribution < -0.4 is 5.73 Å². The number of aliphatic hydroxyl groups is 1. The molecule has 0 fully saturated rings. The summed E-state index contributed by atoms with van der Waals surface area (Å²) in [5.74, 6) is -0.179. The van der Waals surface area contributed by atoms with E-state index in [-0.39, 0.29) is 18.1 Å². The zero-order chi connectivity index (χ0) is 12.0. The maximum Gasteiger partial charge on any atom is 0.217 e. The maximum absolute atomic E-state index is 11.3. The van der Waals surface area contributed by atoms with Crippen molar-refractivity contribution in [2.45, 2.75) is 51.0 Å². The lowest BCUT2D eigenvalue weighted by molar-refractivity contribution is -0.118. The second-order valence-electron chi connectivity index (χ2n) is 4.27. The Morgan fingerprint density at radius 3 is 2.62 bits per heavy atom. The average molecular weight is 225 g/mol. The van der Waals surface area contributed by atoms with Crippen LogP contribution in [0.15, 0.2) is 11.6 Å². The molecular weight excluding hydrogens is 206 g/mol. The molecule has 0 bridgehead atoms. The number of hydrogen-bond donors (Lipinski definition) is 2. The molecule has 1 aliphatic rings. The summed E-state index contributed by atoms with van der Waals surface area (Å²) in [5.41, 5.74) is 5.79. The molecule has 0 aromatic carbocycles. The van der Waals surface area contributed by atoms with E-state index in [2.05, 4.69) is 0 Å². The number of aliphatic hydroxyl groups excluding tert-OH is 1. The third kappa shape index (κ3) is 4.57. The first kappa shape index (κ1) is 12.9. The minimum absolute atomic E-state index is 0.0737. The molecule has 1 rings (SSSR count). The maximum atomic E-state index is 11.3. The van der Waals surface area contributed by atoms with Gasteiger partial charge in [-0.1, -0.05) is 12.8 Å². The van der Waals surface area contributed by atoms with Crippen LogP contribution in [-0.4, -0.2) is 22.9 Å². The molecule has 0 saturated carbocycles. The summed E-state index contributed by atoms with van der Waals surface area (Å²) < 4.78 is 0. The van der Waals surface area contributed by atoms with Gasteiger partial charge in [0.1, 0.15) is 0 Å². The molecule has 0 aromatic heterocycles. The van der Waals surface area contributed by atoms with Crippen molar-refractivity contribution in [1.29, 1.82) is 0 Å². The van der Waals surface area contributed by atoms with Crippen molar-refractivity contribution in [3.05, 3.63) is 11.6 Å². The number of allylic oxidation sites excluding steroid dienone is 1. The molecule has 0 radical (unpaired) electrons. The number of carbonyl (C=O) groups excluding carboxylic acids is 2. The van der Waals surface area contributed by atoms with Crippen molar-refractivity contribution < 1.29 is 14.7 Å². The first-order valence-corrected chi connectivity index (χ1v) is 5.80. The minimum Gasteiger partial charge on any atom is -0.389 e. The monoisotopic (exact) mass is 225 g/mol. The molecule has 1 aliphatic carbocycles. The van der Waals surface area contributed by atoms with Crippen LogP contribution in [0.1, 0.15) is 44.9 Å². The Hall–Kier alpha value is -1.16. The highest BCUT2D eigenvalue weighted by Crippen LogP contribution is 2.20. The molecule has 1 unspecified atom stereocenters. The normalized spacial score (nSPS) is 19.9. The molecule has 16 heavy (non-hydrogen) atoms. The lowest BCUT2D eigenvalue weighted by Gasteiger charge is -2.00. The van der Waals surface area contributed by atoms with Gasteiger partial charge in [-0.15, -0.1) is 0 Å². The van der Waals surface area contributed by atoms with Crippen LogP contribution in [0, 0.1) is 0 Å². The van der Waals surface area contributed by atoms with E-state index in [1.54, 1.807) is 6.08 Å². The largest absolute Gasteiger partial charge is 0.389 e. The Balaban J connectivity index is 2.05. The molecule has 4 heteroatoms. The van der Waals surface area contributed by atoms with Crippen molar-refractivity contribution in [2.75, 3.05) is 0 Å². The Labute approximate surface area is 95.5 Å². The number of nitrogens with two attached hydrogens (primary N) is 1. The molecule has 4 nitrogen and oxygen atoms in total. The molecule has 1 amide bonds. The van der Waals surface area contributed by atoms with E-state index in [1.807, 2.05) is 0 Å². The van der Waals surface area contributed by atoms with Crippen molar-refractivity contribution >= 4 is 11.7 Å². The van der Waals surface area contributed by atoms with Crippen molar-refractivity contribution in [3.8, 4) is 0 Å². The van der Waals surface area contributed by atoms with Gasteiger partial charge < -0.3 is 10.8 Å². The Morgan fingerprint density at radius 1 is 1.38 bits per heavy atom. The molecule has 1 atom stereocenters. The zero-order valence-electron chi connectivity index (χ0n) is 9.45. The summed E-state index contributed by atoms with van der Waals surface area (Å²) in [4.78, 5) is 21.8. The van der Waals surface area contributed by atoms with Gasteiger partial charge in [0.05, 0.1) is 6.10 Å². The fourth-order valence-corrected chi connectivity index (χ4v) is 1.90. The van der Waals surface area contributed by atoms with Gasteiger partial charge in [-0.3, -0.25) is 9.59 Å². The second kappa shape index (κ2) is 6.43. The Kier molecular flexibility index (Phi) is 5.19. The summed E-state index contributed by atoms with van der Waals surface area (Å²) >= 11 is 0. The quantitative estimate of drug-likeness (QED) is 0.636. The highest BCUT2D eigenvalue weighted by molar-refractivity contribution is 5.98. The Morgan fingerprint density at radius 2 is 2.06 bits per heavy atom. The smallest absolute Gasteiger partial charge is 0.217 e. The van der Waals surface area contributed by atoms with Crippen LogP contribution in [0.4, 0.5) is 0 Å². The summed E-state index contributed by atoms with van der Waals surface area (Å²) in [6.07, 6.45) is 6.24. The molecule has 0 aromatic rings. The molecule has 0 spiro atoms. The van der Waals surface area contributed by atoms with Crippen LogP contribution in [0.5, 0.6) is 0 Å². The lowest BCUT2D eigenvalue weighted by Crippen LogP contribution is -2.09. The number of carbonyl (C=O) groups is 2. The van der Waals surface area contributed by atoms with Gasteiger partial charge in [-0.25, -0.2) is 0 Å². The first-order valence-electron chi connectivity index (χ1n) is 5.80. The van der Waals surface area contributed by atoms with E-state index in [4.69, 9.17) is 5.73 Å². The number of rotatable bonds is 7. The third-order valence-electron chi connectivity index (χ3n) is 2.77. The number of amides is 1. The van der Waals surface area contributed by atoms with Crippen LogP contribution >= 0.6 is 0 Å². The van der Waals surface area contributed by atoms with E-state index in [9.17, 15) is 14.7 Å².